The molecular weight excluding hydrogens is 204 g/mol. The number of amides is 2. The van der Waals surface area contributed by atoms with Gasteiger partial charge in [-0.1, -0.05) is 26.2 Å². The van der Waals surface area contributed by atoms with Crippen molar-refractivity contribution in [2.24, 2.45) is 0 Å². The second kappa shape index (κ2) is 4.85. The van der Waals surface area contributed by atoms with Gasteiger partial charge in [-0.25, -0.2) is 0 Å². The zero-order valence-corrected chi connectivity index (χ0v) is 9.87. The van der Waals surface area contributed by atoms with Crippen LogP contribution in [0.4, 0.5) is 0 Å². The number of carbonyl (C=O) groups excluding carboxylic acids is 2. The standard InChI is InChI=1S/C12H20N2O2/c1-2-3-4-6-9-12(16)14-8-5-7-10(14)11(15)13-9/h9-10H,2-8H2,1H3,(H,13,15)/t9-,10-/m0/s1. The monoisotopic (exact) mass is 224 g/mol. The molecule has 0 aromatic rings. The topological polar surface area (TPSA) is 49.4 Å². The van der Waals surface area contributed by atoms with E-state index in [2.05, 4.69) is 12.2 Å². The molecule has 0 radical (unpaired) electrons. The van der Waals surface area contributed by atoms with E-state index in [0.717, 1.165) is 45.1 Å². The smallest absolute Gasteiger partial charge is 0.245 e. The minimum Gasteiger partial charge on any atom is -0.343 e. The van der Waals surface area contributed by atoms with Crippen molar-refractivity contribution in [3.63, 3.8) is 0 Å². The number of nitrogens with zero attached hydrogens (tertiary/aromatic N) is 1. The van der Waals surface area contributed by atoms with Gasteiger partial charge in [0, 0.05) is 6.54 Å². The van der Waals surface area contributed by atoms with Gasteiger partial charge >= 0.3 is 0 Å². The van der Waals surface area contributed by atoms with Crippen LogP contribution in [0, 0.1) is 0 Å². The van der Waals surface area contributed by atoms with Gasteiger partial charge in [-0.3, -0.25) is 9.59 Å². The quantitative estimate of drug-likeness (QED) is 0.726. The summed E-state index contributed by atoms with van der Waals surface area (Å²) in [4.78, 5) is 25.6. The van der Waals surface area contributed by atoms with E-state index in [1.807, 2.05) is 0 Å². The highest BCUT2D eigenvalue weighted by Gasteiger charge is 2.42. The predicted molar refractivity (Wildman–Crippen MR) is 60.8 cm³/mol. The zero-order chi connectivity index (χ0) is 11.5. The molecule has 4 nitrogen and oxygen atoms in total. The van der Waals surface area contributed by atoms with Crippen LogP contribution in [0.25, 0.3) is 0 Å². The van der Waals surface area contributed by atoms with Gasteiger partial charge in [-0.2, -0.15) is 0 Å². The SMILES string of the molecule is CCCCC[C@@H]1NC(=O)[C@@H]2CCCN2C1=O. The van der Waals surface area contributed by atoms with Crippen LogP contribution in [0.3, 0.4) is 0 Å². The molecule has 1 N–H and O–H groups in total. The second-order valence-electron chi connectivity index (χ2n) is 4.75. The minimum absolute atomic E-state index is 0.0543. The molecule has 2 amide bonds. The lowest BCUT2D eigenvalue weighted by Gasteiger charge is -2.34. The summed E-state index contributed by atoms with van der Waals surface area (Å²) in [6.45, 7) is 2.90. The van der Waals surface area contributed by atoms with Gasteiger partial charge in [0.25, 0.3) is 0 Å². The molecule has 2 aliphatic rings. The molecule has 90 valence electrons. The maximum atomic E-state index is 12.1. The van der Waals surface area contributed by atoms with E-state index < -0.39 is 0 Å². The fraction of sp³-hybridized carbons (Fsp3) is 0.833. The maximum Gasteiger partial charge on any atom is 0.245 e. The first kappa shape index (κ1) is 11.4. The van der Waals surface area contributed by atoms with E-state index in [1.165, 1.54) is 0 Å². The van der Waals surface area contributed by atoms with Gasteiger partial charge < -0.3 is 10.2 Å². The first-order valence-electron chi connectivity index (χ1n) is 6.35. The maximum absolute atomic E-state index is 12.1. The minimum atomic E-state index is -0.256. The van der Waals surface area contributed by atoms with Crippen LogP contribution in [0.2, 0.25) is 0 Å². The Bertz CT molecular complexity index is 291. The summed E-state index contributed by atoms with van der Waals surface area (Å²) in [5.74, 6) is 0.191. The highest BCUT2D eigenvalue weighted by Crippen LogP contribution is 2.23. The zero-order valence-electron chi connectivity index (χ0n) is 9.87. The number of fused-ring (bicyclic) bond motifs is 1. The average molecular weight is 224 g/mol. The molecule has 4 heteroatoms. The Kier molecular flexibility index (Phi) is 3.46. The number of unbranched alkanes of at least 4 members (excludes halogenated alkanes) is 2. The normalized spacial score (nSPS) is 29.2. The Morgan fingerprint density at radius 1 is 1.38 bits per heavy atom. The molecule has 0 bridgehead atoms. The summed E-state index contributed by atoms with van der Waals surface area (Å²) in [5.41, 5.74) is 0. The molecule has 2 rings (SSSR count). The predicted octanol–water partition coefficient (Wildman–Crippen LogP) is 1.06. The van der Waals surface area contributed by atoms with Gasteiger partial charge in [0.05, 0.1) is 0 Å². The van der Waals surface area contributed by atoms with E-state index in [1.54, 1.807) is 4.90 Å². The van der Waals surface area contributed by atoms with Crippen molar-refractivity contribution >= 4 is 11.8 Å². The number of nitrogens with one attached hydrogen (secondary N) is 1. The van der Waals surface area contributed by atoms with Gasteiger partial charge in [0.1, 0.15) is 12.1 Å². The molecule has 2 saturated heterocycles. The fourth-order valence-corrected chi connectivity index (χ4v) is 2.63. The number of piperazine rings is 1. The third-order valence-corrected chi connectivity index (χ3v) is 3.55. The summed E-state index contributed by atoms with van der Waals surface area (Å²) in [6, 6.07) is -0.427. The second-order valence-corrected chi connectivity index (χ2v) is 4.75. The Balaban J connectivity index is 1.94. The summed E-state index contributed by atoms with van der Waals surface area (Å²) in [7, 11) is 0. The number of hydrogen-bond acceptors (Lipinski definition) is 2. The number of rotatable bonds is 4. The lowest BCUT2D eigenvalue weighted by atomic mass is 10.0. The summed E-state index contributed by atoms with van der Waals surface area (Å²) in [5, 5.41) is 2.87. The first-order chi connectivity index (χ1) is 7.74. The molecule has 16 heavy (non-hydrogen) atoms. The van der Waals surface area contributed by atoms with E-state index >= 15 is 0 Å². The molecule has 2 fully saturated rings. The first-order valence-corrected chi connectivity index (χ1v) is 6.35. The van der Waals surface area contributed by atoms with Crippen LogP contribution in [-0.2, 0) is 9.59 Å². The van der Waals surface area contributed by atoms with Crippen LogP contribution < -0.4 is 5.32 Å². The summed E-state index contributed by atoms with van der Waals surface area (Å²) in [6.07, 6.45) is 5.88. The third-order valence-electron chi connectivity index (χ3n) is 3.55. The Morgan fingerprint density at radius 2 is 2.19 bits per heavy atom. The lowest BCUT2D eigenvalue weighted by molar-refractivity contribution is -0.147. The van der Waals surface area contributed by atoms with E-state index in [9.17, 15) is 9.59 Å². The fourth-order valence-electron chi connectivity index (χ4n) is 2.63. The Hall–Kier alpha value is -1.06. The van der Waals surface area contributed by atoms with Crippen molar-refractivity contribution in [1.82, 2.24) is 10.2 Å². The van der Waals surface area contributed by atoms with Gasteiger partial charge in [-0.15, -0.1) is 0 Å². The number of hydrogen-bond donors (Lipinski definition) is 1. The molecule has 2 atom stereocenters. The van der Waals surface area contributed by atoms with E-state index in [0.29, 0.717) is 0 Å². The van der Waals surface area contributed by atoms with E-state index in [4.69, 9.17) is 0 Å². The Morgan fingerprint density at radius 3 is 2.94 bits per heavy atom. The molecule has 0 spiro atoms. The largest absolute Gasteiger partial charge is 0.343 e. The lowest BCUT2D eigenvalue weighted by Crippen LogP contribution is -2.60. The van der Waals surface area contributed by atoms with Crippen LogP contribution >= 0.6 is 0 Å². The van der Waals surface area contributed by atoms with Crippen molar-refractivity contribution < 1.29 is 9.59 Å². The molecule has 0 aromatic carbocycles. The number of carbonyl (C=O) groups is 2. The highest BCUT2D eigenvalue weighted by molar-refractivity contribution is 5.97. The van der Waals surface area contributed by atoms with Gasteiger partial charge in [0.15, 0.2) is 0 Å². The van der Waals surface area contributed by atoms with Crippen LogP contribution in [0.1, 0.15) is 45.4 Å². The molecule has 0 aliphatic carbocycles. The van der Waals surface area contributed by atoms with E-state index in [-0.39, 0.29) is 23.9 Å². The van der Waals surface area contributed by atoms with Gasteiger partial charge in [-0.05, 0) is 19.3 Å². The van der Waals surface area contributed by atoms with Gasteiger partial charge in [0.2, 0.25) is 11.8 Å². The van der Waals surface area contributed by atoms with Crippen LogP contribution in [0.5, 0.6) is 0 Å². The summed E-state index contributed by atoms with van der Waals surface area (Å²) >= 11 is 0. The Labute approximate surface area is 96.4 Å². The van der Waals surface area contributed by atoms with Crippen molar-refractivity contribution in [2.75, 3.05) is 6.54 Å². The van der Waals surface area contributed by atoms with Crippen molar-refractivity contribution in [1.29, 1.82) is 0 Å². The molecule has 0 aromatic heterocycles. The molecule has 0 unspecified atom stereocenters. The molecule has 2 heterocycles. The highest BCUT2D eigenvalue weighted by atomic mass is 16.2. The van der Waals surface area contributed by atoms with Crippen molar-refractivity contribution in [2.45, 2.75) is 57.5 Å². The molecular formula is C12H20N2O2. The van der Waals surface area contributed by atoms with Crippen LogP contribution in [0.15, 0.2) is 0 Å². The van der Waals surface area contributed by atoms with Crippen molar-refractivity contribution in [3.8, 4) is 0 Å². The summed E-state index contributed by atoms with van der Waals surface area (Å²) < 4.78 is 0. The molecule has 0 saturated carbocycles. The van der Waals surface area contributed by atoms with Crippen LogP contribution in [-0.4, -0.2) is 35.3 Å². The third kappa shape index (κ3) is 2.06. The van der Waals surface area contributed by atoms with Crippen molar-refractivity contribution in [3.05, 3.63) is 0 Å². The molecule has 2 aliphatic heterocycles. The average Bonchev–Trinajstić information content (AvgIpc) is 2.75.